The van der Waals surface area contributed by atoms with Crippen molar-refractivity contribution < 1.29 is 65.6 Å². The summed E-state index contributed by atoms with van der Waals surface area (Å²) in [6, 6.07) is 25.9. The molecule has 30 heteroatoms. The summed E-state index contributed by atoms with van der Waals surface area (Å²) in [7, 11) is 12.0. The van der Waals surface area contributed by atoms with Crippen LogP contribution in [0.2, 0.25) is 0 Å². The minimum Gasteiger partial charge on any atom is -0.491 e. The number of hydrogen-bond donors (Lipinski definition) is 4. The zero-order valence-electron chi connectivity index (χ0n) is 68.7. The van der Waals surface area contributed by atoms with E-state index in [1.54, 1.807) is 65.7 Å². The summed E-state index contributed by atoms with van der Waals surface area (Å²) >= 11 is 0. The third-order valence-electron chi connectivity index (χ3n) is 28.3. The normalized spacial score (nSPS) is 31.6. The number of nitrogens with two attached hydrogens (primary N) is 4. The Morgan fingerprint density at radius 1 is 0.556 bits per heavy atom. The third kappa shape index (κ3) is 13.5. The number of carbonyl (C=O) groups excluding carboxylic acids is 4. The van der Waals surface area contributed by atoms with Gasteiger partial charge in [0.15, 0.2) is 34.5 Å². The summed E-state index contributed by atoms with van der Waals surface area (Å²) in [6.45, 7) is 5.81. The van der Waals surface area contributed by atoms with E-state index in [1.165, 1.54) is 16.0 Å². The standard InChI is InChI=1S/C25H31N5O2.C22H28F3N3O4.C22H28N4O3.C18H22N4O2/c1-15(2)30-22(31)25(29-23(30)26)21-11-17(19-13-27-16(3)28-14-19)5-6-18(21)12-24(25)9-7-20(32-4)8-10-24;1-30-9-10-32-16-4-3-14-12-20(7-5-15(31-2)6-8-20)22(17(14)11-16)18(29)28(19(26)27-22)13-21(23,24)25;1-25-19(28)22(24-20(25)23)17-12-15(26-11-3-4-18(26)27)6-5-14(17)13-21(22)9-7-16(29-2)8-10-21;1-22-16(20)21-18(24-22)15-9-12(11-19)3-4-13(15)10-17(18)7-5-14(23-2)6-8-17/h5-6,11,13-15,20H,7-10,12H2,1-4H3,(H2,26,29);3-4,11,15H,5-10,12-13H2,1-2H3,(H2,26,27);5-6,12,16H,3-4,7-11,13H2,1-2H3,(H2,23,24);3-4,9,14H,5-8,10H2,1-2H3,(H2,20,21). The molecule has 117 heavy (non-hydrogen) atoms. The second-order valence-corrected chi connectivity index (χ2v) is 34.5. The predicted octanol–water partition coefficient (Wildman–Crippen LogP) is 10.1. The molecule has 27 nitrogen and oxygen atoms in total. The number of ether oxygens (including phenoxy) is 6. The van der Waals surface area contributed by atoms with Crippen LogP contribution in [-0.2, 0) is 95.7 Å². The van der Waals surface area contributed by atoms with E-state index in [1.807, 2.05) is 80.5 Å². The molecule has 18 rings (SSSR count). The third-order valence-corrected chi connectivity index (χ3v) is 28.3. The molecular formula is C87H109F3N16O11. The lowest BCUT2D eigenvalue weighted by Crippen LogP contribution is -2.53. The van der Waals surface area contributed by atoms with Gasteiger partial charge in [-0.3, -0.25) is 33.9 Å². The number of nitriles is 1. The molecule has 1 saturated heterocycles. The van der Waals surface area contributed by atoms with E-state index in [0.717, 1.165) is 160 Å². The number of likely N-dealkylation sites (N-methyl/N-ethyl adjacent to an activating group) is 1. The molecule has 4 saturated carbocycles. The second-order valence-electron chi connectivity index (χ2n) is 34.5. The van der Waals surface area contributed by atoms with Gasteiger partial charge in [0.05, 0.1) is 42.7 Å². The molecule has 0 bridgehead atoms. The molecule has 13 aliphatic rings. The van der Waals surface area contributed by atoms with Crippen molar-refractivity contribution in [3.63, 3.8) is 0 Å². The number of methoxy groups -OCH3 is 5. The fourth-order valence-corrected chi connectivity index (χ4v) is 22.2. The van der Waals surface area contributed by atoms with Gasteiger partial charge >= 0.3 is 6.18 Å². The quantitative estimate of drug-likeness (QED) is 0.0843. The molecule has 5 fully saturated rings. The Kier molecular flexibility index (Phi) is 22.0. The first-order valence-corrected chi connectivity index (χ1v) is 41.0. The lowest BCUT2D eigenvalue weighted by atomic mass is 9.61. The number of alkyl halides is 3. The molecule has 624 valence electrons. The highest BCUT2D eigenvalue weighted by Gasteiger charge is 2.71. The van der Waals surface area contributed by atoms with E-state index in [2.05, 4.69) is 45.3 Å². The molecule has 8 N–H and O–H groups in total. The van der Waals surface area contributed by atoms with E-state index in [4.69, 9.17) is 71.2 Å². The van der Waals surface area contributed by atoms with Gasteiger partial charge in [-0.05, 0) is 243 Å². The van der Waals surface area contributed by atoms with Crippen LogP contribution >= 0.6 is 0 Å². The fraction of sp³-hybridized carbons (Fsp3) is 0.575. The van der Waals surface area contributed by atoms with E-state index >= 15 is 0 Å². The number of aliphatic imine (C=N–C) groups is 4. The molecule has 8 spiro atoms. The lowest BCUT2D eigenvalue weighted by molar-refractivity contribution is -0.232. The van der Waals surface area contributed by atoms with E-state index in [-0.39, 0.29) is 70.2 Å². The first-order valence-electron chi connectivity index (χ1n) is 41.0. The van der Waals surface area contributed by atoms with Crippen molar-refractivity contribution in [3.05, 3.63) is 141 Å². The predicted molar refractivity (Wildman–Crippen MR) is 431 cm³/mol. The van der Waals surface area contributed by atoms with Crippen LogP contribution in [0.4, 0.5) is 18.9 Å². The number of hydroxylamine groups is 2. The van der Waals surface area contributed by atoms with Gasteiger partial charge in [0.25, 0.3) is 17.7 Å². The van der Waals surface area contributed by atoms with Crippen LogP contribution in [0.1, 0.15) is 185 Å². The number of aryl methyl sites for hydroxylation is 1. The number of carbonyl (C=O) groups is 4. The van der Waals surface area contributed by atoms with Crippen LogP contribution in [-0.4, -0.2) is 190 Å². The minimum atomic E-state index is -4.59. The Bertz CT molecular complexity index is 4860. The van der Waals surface area contributed by atoms with Gasteiger partial charge in [0.2, 0.25) is 17.6 Å². The maximum absolute atomic E-state index is 14.1. The molecule has 5 aromatic rings. The van der Waals surface area contributed by atoms with Crippen molar-refractivity contribution in [2.45, 2.75) is 221 Å². The van der Waals surface area contributed by atoms with Crippen LogP contribution in [0.25, 0.3) is 11.1 Å². The van der Waals surface area contributed by atoms with Crippen LogP contribution in [0, 0.1) is 39.9 Å². The number of fused-ring (bicyclic) bond motifs is 12. The summed E-state index contributed by atoms with van der Waals surface area (Å²) < 4.78 is 72.7. The number of nitrogens with zero attached hydrogens (tertiary/aromatic N) is 12. The molecule has 5 aliphatic heterocycles. The van der Waals surface area contributed by atoms with Crippen molar-refractivity contribution in [3.8, 4) is 22.9 Å². The van der Waals surface area contributed by atoms with E-state index in [0.29, 0.717) is 91.5 Å². The molecule has 6 heterocycles. The number of hydrogen-bond acceptors (Lipinski definition) is 23. The van der Waals surface area contributed by atoms with Crippen LogP contribution in [0.3, 0.4) is 0 Å². The smallest absolute Gasteiger partial charge is 0.406 e. The Balaban J connectivity index is 0.000000123. The number of halogens is 3. The lowest BCUT2D eigenvalue weighted by Gasteiger charge is -2.45. The first-order chi connectivity index (χ1) is 55.9. The minimum absolute atomic E-state index is 0.0110. The largest absolute Gasteiger partial charge is 0.491 e. The first kappa shape index (κ1) is 82.5. The van der Waals surface area contributed by atoms with Gasteiger partial charge in [-0.1, -0.05) is 30.3 Å². The van der Waals surface area contributed by atoms with Crippen molar-refractivity contribution in [1.29, 1.82) is 5.26 Å². The molecule has 8 aliphatic carbocycles. The van der Waals surface area contributed by atoms with Gasteiger partial charge in [0.1, 0.15) is 24.7 Å². The topological polar surface area (TPSA) is 352 Å². The van der Waals surface area contributed by atoms with Gasteiger partial charge in [-0.15, -0.1) is 0 Å². The zero-order valence-corrected chi connectivity index (χ0v) is 68.7. The number of benzene rings is 4. The van der Waals surface area contributed by atoms with Crippen molar-refractivity contribution in [2.24, 2.45) is 64.6 Å². The second kappa shape index (κ2) is 31.3. The van der Waals surface area contributed by atoms with Crippen LogP contribution in [0.5, 0.6) is 5.75 Å². The highest BCUT2D eigenvalue weighted by atomic mass is 19.4. The summed E-state index contributed by atoms with van der Waals surface area (Å²) in [6.07, 6.45) is 18.1. The van der Waals surface area contributed by atoms with Crippen LogP contribution in [0.15, 0.2) is 105 Å². The number of guanidine groups is 4. The molecule has 0 radical (unpaired) electrons. The number of amides is 4. The maximum atomic E-state index is 14.1. The Morgan fingerprint density at radius 2 is 1.03 bits per heavy atom. The van der Waals surface area contributed by atoms with Crippen molar-refractivity contribution in [2.75, 3.05) is 80.8 Å². The van der Waals surface area contributed by atoms with Crippen LogP contribution < -0.4 is 32.6 Å². The molecule has 4 atom stereocenters. The molecular weight excluding hydrogens is 1500 g/mol. The summed E-state index contributed by atoms with van der Waals surface area (Å²) in [5.41, 5.74) is 30.3. The summed E-state index contributed by atoms with van der Waals surface area (Å²) in [5.74, 6) is 1.24. The number of aromatic nitrogens is 2. The number of anilines is 1. The monoisotopic (exact) mass is 1610 g/mol. The maximum Gasteiger partial charge on any atom is 0.406 e. The molecule has 4 aromatic carbocycles. The average Bonchev–Trinajstić information content (AvgIpc) is 1.53. The Morgan fingerprint density at radius 3 is 1.51 bits per heavy atom. The summed E-state index contributed by atoms with van der Waals surface area (Å²) in [5, 5.41) is 10.8. The van der Waals surface area contributed by atoms with Gasteiger partial charge in [0, 0.05) is 120 Å². The van der Waals surface area contributed by atoms with Crippen molar-refractivity contribution in [1.82, 2.24) is 29.7 Å². The highest BCUT2D eigenvalue weighted by Crippen LogP contribution is 2.67. The summed E-state index contributed by atoms with van der Waals surface area (Å²) in [4.78, 5) is 93.6. The highest BCUT2D eigenvalue weighted by molar-refractivity contribution is 6.11. The van der Waals surface area contributed by atoms with Gasteiger partial charge in [-0.25, -0.2) is 39.8 Å². The Labute approximate surface area is 681 Å². The van der Waals surface area contributed by atoms with E-state index < -0.39 is 46.4 Å². The number of rotatable bonds is 12. The van der Waals surface area contributed by atoms with Gasteiger partial charge in [-0.2, -0.15) is 18.4 Å². The molecule has 4 unspecified atom stereocenters. The fourth-order valence-electron chi connectivity index (χ4n) is 22.2. The Hall–Kier alpha value is -9.64. The molecule has 1 aromatic heterocycles. The van der Waals surface area contributed by atoms with Gasteiger partial charge < -0.3 is 56.3 Å². The van der Waals surface area contributed by atoms with E-state index in [9.17, 15) is 37.6 Å². The SMILES string of the molecule is COC1CCC2(CC1)Cc1ccc(-c3cnc(C)nc3)cc1C21N=C(N)N(C(C)C)C1=O.COC1CCC2(CC1)Cc1ccc(C#N)cc1C21N=C(N)N(C)O1.COC1CCC2(CC1)Cc1ccc(N3CCCC3=O)cc1C21N=C(N)N(C)C1=O.COCCOc1ccc2c(c1)C1(N=C(N)N(CC(F)(F)F)C1=O)C1(CCC(OC)CC1)C2. The molecule has 4 amide bonds. The average molecular weight is 1610 g/mol. The zero-order chi connectivity index (χ0) is 83.2. The van der Waals surface area contributed by atoms with Crippen molar-refractivity contribution >= 4 is 53.2 Å².